The van der Waals surface area contributed by atoms with Crippen molar-refractivity contribution in [1.82, 2.24) is 72.7 Å². The number of nitrogens with one attached hydrogen (secondary N) is 10. The molecule has 0 spiro atoms. The number of aromatic nitrogens is 4. The van der Waals surface area contributed by atoms with Gasteiger partial charge in [0.25, 0.3) is 0 Å². The van der Waals surface area contributed by atoms with Gasteiger partial charge in [-0.1, -0.05) is 74.0 Å². The van der Waals surface area contributed by atoms with Crippen LogP contribution in [0.3, 0.4) is 0 Å². The minimum atomic E-state index is -1.70. The normalized spacial score (nSPS) is 23.7. The molecule has 7 rings (SSSR count). The number of fused-ring (bicyclic) bond motifs is 4. The van der Waals surface area contributed by atoms with Crippen LogP contribution in [0.4, 0.5) is 4.79 Å². The van der Waals surface area contributed by atoms with Gasteiger partial charge in [0, 0.05) is 80.1 Å². The van der Waals surface area contributed by atoms with Gasteiger partial charge in [0.1, 0.15) is 48.9 Å². The van der Waals surface area contributed by atoms with Gasteiger partial charge in [-0.2, -0.15) is 11.8 Å². The highest BCUT2D eigenvalue weighted by atomic mass is 32.2. The number of hydrogen-bond acceptors (Lipinski definition) is 17. The molecule has 5 heterocycles. The molecule has 4 aromatic rings. The van der Waals surface area contributed by atoms with Gasteiger partial charge in [-0.25, -0.2) is 4.79 Å². The monoisotopic (exact) mass is 1330 g/mol. The quantitative estimate of drug-likeness (QED) is 0.0257. The summed E-state index contributed by atoms with van der Waals surface area (Å²) in [7, 11) is 1.83. The first-order valence-electron chi connectivity index (χ1n) is 31.9. The molecular weight excluding hydrogens is 1240 g/mol. The number of aryl methyl sites for hydroxylation is 2. The minimum absolute atomic E-state index is 0.00283. The maximum atomic E-state index is 14.8. The largest absolute Gasteiger partial charge is 0.377 e. The predicted octanol–water partition coefficient (Wildman–Crippen LogP) is -1.31. The summed E-state index contributed by atoms with van der Waals surface area (Å²) in [6.45, 7) is 5.77. The fourth-order valence-electron chi connectivity index (χ4n) is 11.3. The highest BCUT2D eigenvalue weighted by Crippen LogP contribution is 2.33. The Bertz CT molecular complexity index is 3260. The molecule has 3 aliphatic heterocycles. The number of carbonyl (C=O) groups excluding carboxylic acids is 11. The Hall–Kier alpha value is -8.68. The maximum Gasteiger partial charge on any atom is 0.315 e. The zero-order valence-electron chi connectivity index (χ0n) is 53.6. The van der Waals surface area contributed by atoms with E-state index in [9.17, 15) is 52.7 Å². The number of para-hydroxylation sites is 1. The number of ether oxygens (including phenoxy) is 3. The average molecular weight is 1330 g/mol. The Labute approximate surface area is 549 Å². The summed E-state index contributed by atoms with van der Waals surface area (Å²) in [5, 5.41) is 37.0. The van der Waals surface area contributed by atoms with E-state index in [0.29, 0.717) is 42.2 Å². The topological polar surface area (TPSA) is 423 Å². The predicted molar refractivity (Wildman–Crippen MR) is 345 cm³/mol. The molecule has 0 aliphatic carbocycles. The van der Waals surface area contributed by atoms with Crippen LogP contribution in [-0.2, 0) is 95.0 Å². The number of hydrogen-bond donors (Lipinski definition) is 12. The fourth-order valence-corrected chi connectivity index (χ4v) is 12.8. The number of urea groups is 1. The molecule has 2 fully saturated rings. The van der Waals surface area contributed by atoms with Crippen molar-refractivity contribution in [3.63, 3.8) is 0 Å². The van der Waals surface area contributed by atoms with E-state index in [-0.39, 0.29) is 107 Å². The second kappa shape index (κ2) is 36.7. The van der Waals surface area contributed by atoms with Gasteiger partial charge in [0.2, 0.25) is 59.1 Å². The highest BCUT2D eigenvalue weighted by Gasteiger charge is 2.43. The van der Waals surface area contributed by atoms with E-state index in [1.165, 1.54) is 17.8 Å². The molecule has 1 unspecified atom stereocenters. The number of nitrogens with zero attached hydrogens (tertiary/aromatic N) is 4. The van der Waals surface area contributed by atoms with E-state index in [4.69, 9.17) is 25.7 Å². The van der Waals surface area contributed by atoms with Crippen molar-refractivity contribution in [1.29, 1.82) is 0 Å². The smallest absolute Gasteiger partial charge is 0.315 e. The molecule has 2 saturated heterocycles. The molecule has 31 heteroatoms. The first-order chi connectivity index (χ1) is 45.1. The summed E-state index contributed by atoms with van der Waals surface area (Å²) in [6.07, 6.45) is 5.92. The van der Waals surface area contributed by atoms with Crippen LogP contribution in [0.25, 0.3) is 10.9 Å². The zero-order chi connectivity index (χ0) is 67.7. The first-order valence-corrected chi connectivity index (χ1v) is 33.0. The molecule has 0 radical (unpaired) electrons. The average Bonchev–Trinajstić information content (AvgIpc) is 1.74. The van der Waals surface area contributed by atoms with Crippen LogP contribution in [-0.4, -0.2) is 196 Å². The maximum absolute atomic E-state index is 14.8. The van der Waals surface area contributed by atoms with Crippen molar-refractivity contribution >= 4 is 87.8 Å². The number of amides is 12. The Morgan fingerprint density at radius 2 is 1.36 bits per heavy atom. The lowest BCUT2D eigenvalue weighted by atomic mass is 9.99. The van der Waals surface area contributed by atoms with E-state index in [2.05, 4.69) is 63.5 Å². The number of thioether (sulfide) groups is 1. The van der Waals surface area contributed by atoms with Crippen LogP contribution in [0.15, 0.2) is 67.0 Å². The Morgan fingerprint density at radius 3 is 2.10 bits per heavy atom. The highest BCUT2D eigenvalue weighted by molar-refractivity contribution is 8.00. The van der Waals surface area contributed by atoms with Crippen molar-refractivity contribution in [3.8, 4) is 0 Å². The van der Waals surface area contributed by atoms with E-state index in [1.807, 2.05) is 53.8 Å². The second-order valence-corrected chi connectivity index (χ2v) is 25.5. The van der Waals surface area contributed by atoms with Gasteiger partial charge in [0.15, 0.2) is 0 Å². The lowest BCUT2D eigenvalue weighted by molar-refractivity contribution is -0.136. The van der Waals surface area contributed by atoms with Gasteiger partial charge in [0.05, 0.1) is 57.2 Å². The van der Waals surface area contributed by atoms with Crippen molar-refractivity contribution in [2.45, 2.75) is 164 Å². The fraction of sp³-hybridized carbons (Fsp3) is 0.571. The first kappa shape index (κ1) is 72.7. The number of rotatable bonds is 26. The van der Waals surface area contributed by atoms with E-state index in [1.54, 1.807) is 44.2 Å². The third-order valence-corrected chi connectivity index (χ3v) is 17.7. The van der Waals surface area contributed by atoms with Crippen molar-refractivity contribution in [3.05, 3.63) is 83.8 Å². The van der Waals surface area contributed by atoms with Crippen molar-refractivity contribution in [2.75, 3.05) is 51.9 Å². The lowest BCUT2D eigenvalue weighted by Crippen LogP contribution is -2.61. The van der Waals surface area contributed by atoms with E-state index in [0.717, 1.165) is 35.9 Å². The van der Waals surface area contributed by atoms with Gasteiger partial charge in [-0.15, -0.1) is 5.10 Å². The summed E-state index contributed by atoms with van der Waals surface area (Å²) >= 11 is 1.84. The number of unbranched alkanes of at least 4 members (excludes halogenated alkanes) is 1. The third kappa shape index (κ3) is 23.1. The number of benzene rings is 2. The number of primary amides is 2. The lowest BCUT2D eigenvalue weighted by Gasteiger charge is -2.28. The minimum Gasteiger partial charge on any atom is -0.377 e. The molecule has 14 N–H and O–H groups in total. The summed E-state index contributed by atoms with van der Waals surface area (Å²) in [6, 6.07) is 6.71. The summed E-state index contributed by atoms with van der Waals surface area (Å²) < 4.78 is 20.0. The Morgan fingerprint density at radius 1 is 0.702 bits per heavy atom. The van der Waals surface area contributed by atoms with Gasteiger partial charge in [-0.3, -0.25) is 52.6 Å². The van der Waals surface area contributed by atoms with Gasteiger partial charge >= 0.3 is 6.03 Å². The van der Waals surface area contributed by atoms with E-state index < -0.39 is 108 Å². The molecule has 0 saturated carbocycles. The van der Waals surface area contributed by atoms with Crippen LogP contribution in [0.1, 0.15) is 95.4 Å². The molecule has 2 bridgehead atoms. The molecule has 10 atom stereocenters. The number of nitrogens with two attached hydrogens (primary N) is 2. The van der Waals surface area contributed by atoms with Crippen LogP contribution in [0.2, 0.25) is 0 Å². The molecule has 94 heavy (non-hydrogen) atoms. The Balaban J connectivity index is 0.999. The molecule has 3 aliphatic rings. The molecular formula is C63H90N16O14S. The third-order valence-electron chi connectivity index (χ3n) is 16.1. The van der Waals surface area contributed by atoms with Gasteiger partial charge in [-0.05, 0) is 68.6 Å². The van der Waals surface area contributed by atoms with Crippen LogP contribution in [0, 0.1) is 5.92 Å². The standard InChI is InChI=1S/C63H90N16O14S/c1-37(2)28-44-59(86)71-45(29-39-14-6-5-7-15-39)60(87)72-46(30-40-33-78(4)50-18-9-8-16-42(40)50)58(85)67-38(3)57(84)69-43(56(65)83)17-12-13-22-79-34-41(76-77-79)31-47(61(88)73-48(32-52(64)80)62(89)70-44)68-54(82)35-93-27-26-92-25-24-91-23-21-66-53(81)20-11-10-19-51-55-49(36-94-51)74-63(90)75-55/h5-9,14-16,18,33-34,37-38,43-49,51,55H,10-13,17,19-32,35-36H2,1-4H3,(H2,64,80)(H2,65,83)(H,66,81)(H,67,85)(H,68,82)(H,69,84)(H,70,89)(H,71,86)(H,72,87)(H,73,88)(H2,74,75,90)/t38-,43+,44-,45-,46+,47+,48-,49-,51?,55-/m1/s1. The second-order valence-electron chi connectivity index (χ2n) is 24.2. The Kier molecular flexibility index (Phi) is 28.4. The molecule has 30 nitrogen and oxygen atoms in total. The molecule has 2 aromatic heterocycles. The molecule has 2 aromatic carbocycles. The zero-order valence-corrected chi connectivity index (χ0v) is 54.4. The van der Waals surface area contributed by atoms with Crippen molar-refractivity contribution in [2.24, 2.45) is 24.4 Å². The van der Waals surface area contributed by atoms with Crippen LogP contribution in [0.5, 0.6) is 0 Å². The molecule has 512 valence electrons. The summed E-state index contributed by atoms with van der Waals surface area (Å²) in [5.41, 5.74) is 13.8. The van der Waals surface area contributed by atoms with Crippen molar-refractivity contribution < 1.29 is 67.0 Å². The SMILES string of the molecule is CC(C)C[C@H]1NC(=O)[C@@H](CC(N)=O)NC(=O)[C@@H](NC(=O)COCCOCCOCCNC(=O)CCCCC2SC[C@H]3NC(=O)N[C@@H]23)Cc2cn(nn2)CCCC[C@@H](C(N)=O)NC(=O)[C@@H](C)NC(=O)[C@H](Cc2cn(C)c3ccccc23)NC(=O)[C@@H](Cc2ccccc2)NC1=O. The number of carbonyl (C=O) groups is 11. The summed E-state index contributed by atoms with van der Waals surface area (Å²) in [4.78, 5) is 149. The van der Waals surface area contributed by atoms with E-state index >= 15 is 0 Å². The summed E-state index contributed by atoms with van der Waals surface area (Å²) in [5.74, 6) is -7.06. The molecule has 12 amide bonds. The van der Waals surface area contributed by atoms with Crippen LogP contribution < -0.4 is 64.6 Å². The van der Waals surface area contributed by atoms with Gasteiger partial charge < -0.3 is 83.4 Å². The van der Waals surface area contributed by atoms with Crippen LogP contribution >= 0.6 is 11.8 Å².